The Morgan fingerprint density at radius 3 is 1.44 bits per heavy atom. The van der Waals surface area contributed by atoms with Gasteiger partial charge in [0.05, 0.1) is 32.5 Å². The summed E-state index contributed by atoms with van der Waals surface area (Å²) in [5.41, 5.74) is 0. The number of ether oxygens (including phenoxy) is 12. The van der Waals surface area contributed by atoms with Gasteiger partial charge in [0.15, 0.2) is 50.3 Å². The molecule has 19 unspecified atom stereocenters. The normalized spacial score (nSPS) is 51.4. The van der Waals surface area contributed by atoms with Crippen LogP contribution in [-0.2, 0) is 61.6 Å². The van der Waals surface area contributed by atoms with Crippen molar-refractivity contribution in [1.29, 1.82) is 0 Å². The van der Waals surface area contributed by atoms with Gasteiger partial charge in [0.25, 0.3) is 0 Å². The molecule has 6 fully saturated rings. The van der Waals surface area contributed by atoms with Crippen molar-refractivity contribution >= 4 is 5.91 Å². The maximum atomic E-state index is 12.6. The molecule has 30 atom stereocenters. The lowest BCUT2D eigenvalue weighted by Crippen LogP contribution is -2.70. The molecule has 0 aromatic rings. The maximum absolute atomic E-state index is 12.6. The first-order valence-corrected chi connectivity index (χ1v) is 22.1. The summed E-state index contributed by atoms with van der Waals surface area (Å²) in [5, 5.41) is 185. The van der Waals surface area contributed by atoms with Crippen LogP contribution in [0.15, 0.2) is 12.7 Å². The number of carbonyl (C=O) groups is 1. The zero-order valence-corrected chi connectivity index (χ0v) is 37.3. The topological polar surface area (TPSA) is 484 Å². The van der Waals surface area contributed by atoms with Crippen LogP contribution in [0.25, 0.3) is 0 Å². The summed E-state index contributed by atoms with van der Waals surface area (Å²) < 4.78 is 67.0. The lowest BCUT2D eigenvalue weighted by Gasteiger charge is -2.50. The van der Waals surface area contributed by atoms with Crippen molar-refractivity contribution < 1.29 is 148 Å². The van der Waals surface area contributed by atoms with Gasteiger partial charge in [-0.1, -0.05) is 6.08 Å². The Labute approximate surface area is 396 Å². The maximum Gasteiger partial charge on any atom is 0.217 e. The van der Waals surface area contributed by atoms with Gasteiger partial charge in [-0.25, -0.2) is 0 Å². The summed E-state index contributed by atoms with van der Waals surface area (Å²) in [6.45, 7) is 2.85. The third-order valence-electron chi connectivity index (χ3n) is 12.5. The quantitative estimate of drug-likeness (QED) is 0.0602. The van der Waals surface area contributed by atoms with E-state index in [4.69, 9.17) is 56.8 Å². The zero-order valence-electron chi connectivity index (χ0n) is 37.3. The van der Waals surface area contributed by atoms with Gasteiger partial charge in [-0.15, -0.1) is 6.58 Å². The van der Waals surface area contributed by atoms with Crippen molar-refractivity contribution in [2.45, 2.75) is 198 Å². The molecule has 0 aliphatic carbocycles. The minimum atomic E-state index is -2.33. The Kier molecular flexibility index (Phi) is 20.1. The standard InChI is InChI=1S/C39H65NO30/c1-4-5-59-35-22(52)19(49)27(12(7-42)62-35)64-37-23(53)20(50)28(13(8-43)63-37)65-38-26(56)30(25(55)33(58)70-38)67-34-14(40-10(3)44)29(24(54)32(57)69-34)66-39-31(18(48)16(46)11(6-41)61-39)68-36-21(51)17(47)15(45)9(2)60-36/h4,9,11-39,41-43,45-58H,1,5-8H2,2-3H3,(H,40,44)/t9?,11?,12?,13?,14?,15-,16+,17?,18?,19?,20?,21?,22?,23?,24-,25-,26?,27-,28+,29?,30?,31?,32?,33?,34-,35-,36+,37+,38-,39?/m1/s1. The number of carbonyl (C=O) groups excluding carboxylic acids is 1. The fraction of sp³-hybridized carbons (Fsp3) is 0.923. The smallest absolute Gasteiger partial charge is 0.217 e. The van der Waals surface area contributed by atoms with Gasteiger partial charge in [-0.3, -0.25) is 4.79 Å². The predicted molar refractivity (Wildman–Crippen MR) is 214 cm³/mol. The minimum absolute atomic E-state index is 0.114. The Bertz CT molecular complexity index is 1660. The van der Waals surface area contributed by atoms with E-state index >= 15 is 0 Å². The van der Waals surface area contributed by atoms with Crippen LogP contribution in [0.5, 0.6) is 0 Å². The molecule has 31 heteroatoms. The second kappa shape index (κ2) is 24.6. The van der Waals surface area contributed by atoms with Crippen LogP contribution in [-0.4, -0.2) is 304 Å². The first kappa shape index (κ1) is 57.3. The van der Waals surface area contributed by atoms with E-state index in [1.54, 1.807) is 0 Å². The van der Waals surface area contributed by atoms with Gasteiger partial charge in [-0.2, -0.15) is 0 Å². The van der Waals surface area contributed by atoms with Crippen LogP contribution in [0.4, 0.5) is 0 Å². The number of aliphatic hydroxyl groups is 17. The first-order valence-electron chi connectivity index (χ1n) is 22.1. The van der Waals surface area contributed by atoms with Crippen LogP contribution >= 0.6 is 0 Å². The van der Waals surface area contributed by atoms with Crippen molar-refractivity contribution in [3.8, 4) is 0 Å². The predicted octanol–water partition coefficient (Wildman–Crippen LogP) is -11.8. The van der Waals surface area contributed by atoms with Crippen LogP contribution < -0.4 is 5.32 Å². The van der Waals surface area contributed by atoms with Gasteiger partial charge in [-0.05, 0) is 6.92 Å². The Balaban J connectivity index is 1.19. The summed E-state index contributed by atoms with van der Waals surface area (Å²) in [6.07, 6.45) is -54.4. The molecule has 6 aliphatic rings. The van der Waals surface area contributed by atoms with E-state index in [2.05, 4.69) is 11.9 Å². The van der Waals surface area contributed by atoms with Crippen LogP contribution in [0.3, 0.4) is 0 Å². The summed E-state index contributed by atoms with van der Waals surface area (Å²) >= 11 is 0. The van der Waals surface area contributed by atoms with E-state index in [1.165, 1.54) is 13.0 Å². The number of rotatable bonds is 17. The van der Waals surface area contributed by atoms with Crippen molar-refractivity contribution in [3.63, 3.8) is 0 Å². The van der Waals surface area contributed by atoms with Crippen molar-refractivity contribution in [1.82, 2.24) is 5.32 Å². The van der Waals surface area contributed by atoms with E-state index in [9.17, 15) is 91.6 Å². The van der Waals surface area contributed by atoms with Gasteiger partial charge < -0.3 is 149 Å². The molecular formula is C39H65NO30. The van der Waals surface area contributed by atoms with Gasteiger partial charge in [0.1, 0.15) is 128 Å². The highest BCUT2D eigenvalue weighted by atomic mass is 16.8. The highest BCUT2D eigenvalue weighted by Crippen LogP contribution is 2.37. The second-order valence-corrected chi connectivity index (χ2v) is 17.4. The Morgan fingerprint density at radius 1 is 0.457 bits per heavy atom. The second-order valence-electron chi connectivity index (χ2n) is 17.4. The number of amides is 1. The molecule has 18 N–H and O–H groups in total. The molecule has 0 radical (unpaired) electrons. The SMILES string of the molecule is C=CCO[C@@H]1OC(CO)[C@@H](O[C@@H]2OC(CO)[C@H](O[C@@H]3OC(O)[C@H](O)C(O[C@@H]4OC(O)[C@H](O)C(OC5OC(CO)[C@H](O)C(O)C5O[C@@H]5OC(C)[C@@H](O)C(O)C5O)C4NC(C)=O)C3O)C(O)C2O)C(O)C1O. The fourth-order valence-corrected chi connectivity index (χ4v) is 8.66. The first-order chi connectivity index (χ1) is 33.1. The summed E-state index contributed by atoms with van der Waals surface area (Å²) in [5.74, 6) is -0.896. The van der Waals surface area contributed by atoms with Crippen LogP contribution in [0.2, 0.25) is 0 Å². The molecular weight excluding hydrogens is 962 g/mol. The number of nitrogens with one attached hydrogen (secondary N) is 1. The fourth-order valence-electron chi connectivity index (χ4n) is 8.66. The lowest BCUT2D eigenvalue weighted by atomic mass is 9.96. The largest absolute Gasteiger partial charge is 0.394 e. The van der Waals surface area contributed by atoms with E-state index in [0.29, 0.717) is 0 Å². The van der Waals surface area contributed by atoms with Crippen molar-refractivity contribution in [3.05, 3.63) is 12.7 Å². The summed E-state index contributed by atoms with van der Waals surface area (Å²) in [4.78, 5) is 12.6. The molecule has 6 rings (SSSR count). The molecule has 70 heavy (non-hydrogen) atoms. The van der Waals surface area contributed by atoms with E-state index in [1.807, 2.05) is 0 Å². The van der Waals surface area contributed by atoms with E-state index < -0.39 is 210 Å². The summed E-state index contributed by atoms with van der Waals surface area (Å²) in [6, 6.07) is -1.85. The molecule has 0 saturated carbocycles. The average molecular weight is 1030 g/mol. The third-order valence-corrected chi connectivity index (χ3v) is 12.5. The molecule has 6 heterocycles. The monoisotopic (exact) mass is 1030 g/mol. The lowest BCUT2D eigenvalue weighted by molar-refractivity contribution is -0.410. The Hall–Kier alpha value is -1.95. The number of hydrogen-bond acceptors (Lipinski definition) is 30. The molecule has 0 aromatic carbocycles. The van der Waals surface area contributed by atoms with Gasteiger partial charge in [0, 0.05) is 6.92 Å². The third kappa shape index (κ3) is 12.1. The highest BCUT2D eigenvalue weighted by Gasteiger charge is 2.58. The zero-order chi connectivity index (χ0) is 51.6. The van der Waals surface area contributed by atoms with Crippen molar-refractivity contribution in [2.24, 2.45) is 0 Å². The molecule has 0 spiro atoms. The molecule has 1 amide bonds. The molecule has 0 aromatic heterocycles. The van der Waals surface area contributed by atoms with Crippen LogP contribution in [0, 0.1) is 0 Å². The number of aliphatic hydroxyl groups excluding tert-OH is 17. The average Bonchev–Trinajstić information content (AvgIpc) is 3.33. The summed E-state index contributed by atoms with van der Waals surface area (Å²) in [7, 11) is 0. The number of hydrogen-bond donors (Lipinski definition) is 18. The molecule has 31 nitrogen and oxygen atoms in total. The molecule has 6 aliphatic heterocycles. The van der Waals surface area contributed by atoms with E-state index in [-0.39, 0.29) is 6.61 Å². The minimum Gasteiger partial charge on any atom is -0.394 e. The molecule has 6 saturated heterocycles. The highest BCUT2D eigenvalue weighted by molar-refractivity contribution is 5.73. The Morgan fingerprint density at radius 2 is 0.886 bits per heavy atom. The van der Waals surface area contributed by atoms with Gasteiger partial charge in [0.2, 0.25) is 5.91 Å². The van der Waals surface area contributed by atoms with E-state index in [0.717, 1.165) is 6.92 Å². The molecule has 0 bridgehead atoms. The van der Waals surface area contributed by atoms with Gasteiger partial charge >= 0.3 is 0 Å². The van der Waals surface area contributed by atoms with Crippen molar-refractivity contribution in [2.75, 3.05) is 26.4 Å². The van der Waals surface area contributed by atoms with Crippen LogP contribution in [0.1, 0.15) is 13.8 Å². The molecule has 406 valence electrons.